The van der Waals surface area contributed by atoms with E-state index in [2.05, 4.69) is 9.80 Å². The Bertz CT molecular complexity index is 876. The molecular formula is C23H28F3N3S. The maximum absolute atomic E-state index is 13.3. The number of hydrogen-bond donors (Lipinski definition) is 1. The molecule has 0 saturated carbocycles. The summed E-state index contributed by atoms with van der Waals surface area (Å²) >= 11 is 1.54. The highest BCUT2D eigenvalue weighted by molar-refractivity contribution is 7.99. The van der Waals surface area contributed by atoms with Gasteiger partial charge in [0.15, 0.2) is 0 Å². The molecule has 2 N–H and O–H groups in total. The third-order valence-electron chi connectivity index (χ3n) is 6.17. The number of para-hydroxylation sites is 1. The van der Waals surface area contributed by atoms with Crippen molar-refractivity contribution in [2.75, 3.05) is 24.5 Å². The van der Waals surface area contributed by atoms with Crippen LogP contribution in [-0.2, 0) is 6.18 Å². The van der Waals surface area contributed by atoms with Crippen molar-refractivity contribution in [1.29, 1.82) is 0 Å². The van der Waals surface area contributed by atoms with Gasteiger partial charge in [0.2, 0.25) is 0 Å². The summed E-state index contributed by atoms with van der Waals surface area (Å²) in [5, 5.41) is 0. The van der Waals surface area contributed by atoms with Crippen molar-refractivity contribution in [1.82, 2.24) is 4.90 Å². The summed E-state index contributed by atoms with van der Waals surface area (Å²) in [6.07, 6.45) is 0.0968. The minimum absolute atomic E-state index is 0.104. The van der Waals surface area contributed by atoms with Crippen molar-refractivity contribution < 1.29 is 13.2 Å². The molecule has 0 amide bonds. The van der Waals surface area contributed by atoms with E-state index in [-0.39, 0.29) is 6.17 Å². The fraction of sp³-hybridized carbons (Fsp3) is 0.478. The number of fused-ring (bicyclic) bond motifs is 2. The predicted molar refractivity (Wildman–Crippen MR) is 116 cm³/mol. The minimum Gasteiger partial charge on any atom is -0.340 e. The van der Waals surface area contributed by atoms with Gasteiger partial charge in [-0.25, -0.2) is 0 Å². The number of rotatable bonds is 5. The van der Waals surface area contributed by atoms with Gasteiger partial charge in [-0.05, 0) is 81.9 Å². The van der Waals surface area contributed by atoms with Crippen LogP contribution in [0.3, 0.4) is 0 Å². The molecule has 7 heteroatoms. The van der Waals surface area contributed by atoms with Gasteiger partial charge >= 0.3 is 6.18 Å². The van der Waals surface area contributed by atoms with Crippen LogP contribution in [0.4, 0.5) is 24.5 Å². The average Bonchev–Trinajstić information content (AvgIpc) is 2.72. The highest BCUT2D eigenvalue weighted by atomic mass is 32.2. The van der Waals surface area contributed by atoms with E-state index in [9.17, 15) is 13.2 Å². The average molecular weight is 436 g/mol. The molecule has 30 heavy (non-hydrogen) atoms. The molecular weight excluding hydrogens is 407 g/mol. The van der Waals surface area contributed by atoms with Crippen molar-refractivity contribution in [3.63, 3.8) is 0 Å². The van der Waals surface area contributed by atoms with Crippen molar-refractivity contribution in [3.05, 3.63) is 48.0 Å². The van der Waals surface area contributed by atoms with Gasteiger partial charge in [0.1, 0.15) is 0 Å². The van der Waals surface area contributed by atoms with Crippen LogP contribution < -0.4 is 10.6 Å². The molecule has 2 aromatic rings. The number of halogens is 3. The van der Waals surface area contributed by atoms with Crippen molar-refractivity contribution in [3.8, 4) is 0 Å². The maximum Gasteiger partial charge on any atom is 0.416 e. The van der Waals surface area contributed by atoms with Crippen LogP contribution in [0.1, 0.15) is 38.2 Å². The summed E-state index contributed by atoms with van der Waals surface area (Å²) in [6.45, 7) is 4.81. The number of nitrogens with two attached hydrogens (primary N) is 1. The van der Waals surface area contributed by atoms with E-state index in [1.807, 2.05) is 31.2 Å². The third-order valence-corrected chi connectivity index (χ3v) is 7.30. The SMILES string of the molecule is CC(N)N1CCC(CCCN2c3ccccc3Sc3ccc(C(F)(F)F)cc32)CC1. The summed E-state index contributed by atoms with van der Waals surface area (Å²) in [4.78, 5) is 6.36. The second-order valence-electron chi connectivity index (χ2n) is 8.26. The number of nitrogens with zero attached hydrogens (tertiary/aromatic N) is 2. The summed E-state index contributed by atoms with van der Waals surface area (Å²) in [6, 6.07) is 12.1. The van der Waals surface area contributed by atoms with Crippen LogP contribution in [0, 0.1) is 5.92 Å². The van der Waals surface area contributed by atoms with Gasteiger partial charge in [-0.1, -0.05) is 23.9 Å². The van der Waals surface area contributed by atoms with E-state index >= 15 is 0 Å². The molecule has 0 radical (unpaired) electrons. The van der Waals surface area contributed by atoms with Gasteiger partial charge in [0, 0.05) is 16.3 Å². The van der Waals surface area contributed by atoms with E-state index in [0.717, 1.165) is 60.8 Å². The fourth-order valence-electron chi connectivity index (χ4n) is 4.43. The van der Waals surface area contributed by atoms with Gasteiger partial charge in [0.05, 0.1) is 23.1 Å². The molecule has 0 aromatic heterocycles. The molecule has 0 aliphatic carbocycles. The van der Waals surface area contributed by atoms with Gasteiger partial charge in [-0.3, -0.25) is 4.90 Å². The van der Waals surface area contributed by atoms with E-state index in [4.69, 9.17) is 5.73 Å². The Labute approximate surface area is 180 Å². The first kappa shape index (κ1) is 21.5. The van der Waals surface area contributed by atoms with Crippen LogP contribution in [0.25, 0.3) is 0 Å². The minimum atomic E-state index is -4.34. The Morgan fingerprint density at radius 1 is 1.07 bits per heavy atom. The molecule has 1 saturated heterocycles. The number of piperidine rings is 1. The largest absolute Gasteiger partial charge is 0.416 e. The zero-order valence-corrected chi connectivity index (χ0v) is 18.0. The van der Waals surface area contributed by atoms with Crippen molar-refractivity contribution in [2.24, 2.45) is 11.7 Å². The molecule has 1 unspecified atom stereocenters. The lowest BCUT2D eigenvalue weighted by Crippen LogP contribution is -2.44. The molecule has 4 rings (SSSR count). The number of benzene rings is 2. The Balaban J connectivity index is 1.48. The molecule has 0 bridgehead atoms. The smallest absolute Gasteiger partial charge is 0.340 e. The van der Waals surface area contributed by atoms with Crippen molar-refractivity contribution >= 4 is 23.1 Å². The van der Waals surface area contributed by atoms with Crippen LogP contribution in [0.15, 0.2) is 52.3 Å². The summed E-state index contributed by atoms with van der Waals surface area (Å²) < 4.78 is 40.0. The molecule has 3 nitrogen and oxygen atoms in total. The molecule has 1 atom stereocenters. The molecule has 2 aromatic carbocycles. The first-order valence-electron chi connectivity index (χ1n) is 10.6. The first-order valence-corrected chi connectivity index (χ1v) is 11.4. The van der Waals surface area contributed by atoms with Gasteiger partial charge in [-0.15, -0.1) is 0 Å². The number of anilines is 2. The lowest BCUT2D eigenvalue weighted by atomic mass is 9.92. The zero-order chi connectivity index (χ0) is 21.3. The molecule has 1 fully saturated rings. The topological polar surface area (TPSA) is 32.5 Å². The van der Waals surface area contributed by atoms with Gasteiger partial charge in [-0.2, -0.15) is 13.2 Å². The van der Waals surface area contributed by atoms with Gasteiger partial charge in [0.25, 0.3) is 0 Å². The van der Waals surface area contributed by atoms with E-state index < -0.39 is 11.7 Å². The number of alkyl halides is 3. The number of likely N-dealkylation sites (tertiary alicyclic amines) is 1. The fourth-order valence-corrected chi connectivity index (χ4v) is 5.51. The molecule has 2 aliphatic rings. The second kappa shape index (κ2) is 8.81. The van der Waals surface area contributed by atoms with Gasteiger partial charge < -0.3 is 10.6 Å². The summed E-state index contributed by atoms with van der Waals surface area (Å²) in [7, 11) is 0. The van der Waals surface area contributed by atoms with Crippen LogP contribution in [0.5, 0.6) is 0 Å². The summed E-state index contributed by atoms with van der Waals surface area (Å²) in [5.74, 6) is 0.662. The van der Waals surface area contributed by atoms with E-state index in [1.54, 1.807) is 17.8 Å². The second-order valence-corrected chi connectivity index (χ2v) is 9.35. The number of hydrogen-bond acceptors (Lipinski definition) is 4. The zero-order valence-electron chi connectivity index (χ0n) is 17.2. The lowest BCUT2D eigenvalue weighted by molar-refractivity contribution is -0.137. The van der Waals surface area contributed by atoms with Crippen LogP contribution in [0.2, 0.25) is 0 Å². The Hall–Kier alpha value is -1.70. The third kappa shape index (κ3) is 4.63. The standard InChI is InChI=1S/C23H28F3N3S/c1-16(27)28-13-10-17(11-14-28)5-4-12-29-19-6-2-3-7-21(19)30-22-9-8-18(15-20(22)29)23(24,25)26/h2-3,6-9,15-17H,4-5,10-14,27H2,1H3. The Kier molecular flexibility index (Phi) is 6.32. The summed E-state index contributed by atoms with van der Waals surface area (Å²) in [5.41, 5.74) is 7.06. The predicted octanol–water partition coefficient (Wildman–Crippen LogP) is 6.11. The van der Waals surface area contributed by atoms with Crippen LogP contribution >= 0.6 is 11.8 Å². The first-order chi connectivity index (χ1) is 14.3. The van der Waals surface area contributed by atoms with E-state index in [1.165, 1.54) is 12.1 Å². The Morgan fingerprint density at radius 3 is 2.47 bits per heavy atom. The van der Waals surface area contributed by atoms with E-state index in [0.29, 0.717) is 11.6 Å². The molecule has 2 heterocycles. The van der Waals surface area contributed by atoms with Crippen LogP contribution in [-0.4, -0.2) is 30.7 Å². The molecule has 0 spiro atoms. The monoisotopic (exact) mass is 435 g/mol. The normalized spacial score (nSPS) is 18.8. The maximum atomic E-state index is 13.3. The molecule has 2 aliphatic heterocycles. The highest BCUT2D eigenvalue weighted by Gasteiger charge is 2.33. The lowest BCUT2D eigenvalue weighted by Gasteiger charge is -2.36. The highest BCUT2D eigenvalue weighted by Crippen LogP contribution is 2.49. The molecule has 162 valence electrons. The Morgan fingerprint density at radius 2 is 1.77 bits per heavy atom. The quantitative estimate of drug-likeness (QED) is 0.615. The van der Waals surface area contributed by atoms with Crippen molar-refractivity contribution in [2.45, 2.75) is 54.7 Å².